The van der Waals surface area contributed by atoms with Crippen molar-refractivity contribution in [3.05, 3.63) is 30.1 Å². The first-order valence-corrected chi connectivity index (χ1v) is 7.55. The van der Waals surface area contributed by atoms with E-state index in [4.69, 9.17) is 0 Å². The number of nitrogens with one attached hydrogen (secondary N) is 1. The van der Waals surface area contributed by atoms with Gasteiger partial charge in [-0.25, -0.2) is 8.78 Å². The largest absolute Gasteiger partial charge is 0.339 e. The number of amides is 1. The number of alkyl halides is 2. The monoisotopic (exact) mass is 310 g/mol. The summed E-state index contributed by atoms with van der Waals surface area (Å²) < 4.78 is 26.4. The standard InChI is InChI=1S/C15H20F2N4O/c16-15(17)9-13(19-11-15)14(22)21-7-5-20(6-8-21)10-12-1-3-18-4-2-12/h1-4,13,19H,5-11H2. The number of rotatable bonds is 3. The Kier molecular flexibility index (Phi) is 4.35. The maximum absolute atomic E-state index is 13.2. The molecule has 22 heavy (non-hydrogen) atoms. The van der Waals surface area contributed by atoms with Crippen molar-refractivity contribution in [3.63, 3.8) is 0 Å². The van der Waals surface area contributed by atoms with E-state index in [1.54, 1.807) is 17.3 Å². The maximum Gasteiger partial charge on any atom is 0.262 e. The van der Waals surface area contributed by atoms with E-state index in [-0.39, 0.29) is 12.3 Å². The van der Waals surface area contributed by atoms with Crippen LogP contribution >= 0.6 is 0 Å². The highest BCUT2D eigenvalue weighted by atomic mass is 19.3. The summed E-state index contributed by atoms with van der Waals surface area (Å²) >= 11 is 0. The van der Waals surface area contributed by atoms with Crippen molar-refractivity contribution in [2.24, 2.45) is 0 Å². The number of aromatic nitrogens is 1. The first kappa shape index (κ1) is 15.3. The highest BCUT2D eigenvalue weighted by Gasteiger charge is 2.43. The molecule has 7 heteroatoms. The first-order chi connectivity index (χ1) is 10.5. The minimum absolute atomic E-state index is 0.194. The molecule has 1 N–H and O–H groups in total. The molecule has 1 amide bonds. The van der Waals surface area contributed by atoms with Gasteiger partial charge in [0.15, 0.2) is 0 Å². The Labute approximate surface area is 128 Å². The molecule has 1 atom stereocenters. The molecule has 120 valence electrons. The number of piperazine rings is 1. The van der Waals surface area contributed by atoms with Gasteiger partial charge in [0.25, 0.3) is 5.92 Å². The second kappa shape index (κ2) is 6.26. The molecule has 0 radical (unpaired) electrons. The second-order valence-electron chi connectivity index (χ2n) is 5.95. The van der Waals surface area contributed by atoms with Gasteiger partial charge in [-0.1, -0.05) is 0 Å². The van der Waals surface area contributed by atoms with Gasteiger partial charge in [0.1, 0.15) is 0 Å². The van der Waals surface area contributed by atoms with Crippen LogP contribution in [0.15, 0.2) is 24.5 Å². The topological polar surface area (TPSA) is 48.5 Å². The lowest BCUT2D eigenvalue weighted by Crippen LogP contribution is -2.52. The van der Waals surface area contributed by atoms with Crippen LogP contribution in [0.3, 0.4) is 0 Å². The summed E-state index contributed by atoms with van der Waals surface area (Å²) in [5, 5.41) is 2.63. The Hall–Kier alpha value is -1.60. The van der Waals surface area contributed by atoms with E-state index < -0.39 is 18.5 Å². The molecule has 2 saturated heterocycles. The third kappa shape index (κ3) is 3.59. The van der Waals surface area contributed by atoms with E-state index in [2.05, 4.69) is 15.2 Å². The Balaban J connectivity index is 1.48. The average Bonchev–Trinajstić information content (AvgIpc) is 2.88. The zero-order chi connectivity index (χ0) is 15.6. The van der Waals surface area contributed by atoms with Crippen LogP contribution < -0.4 is 5.32 Å². The summed E-state index contributed by atoms with van der Waals surface area (Å²) in [7, 11) is 0. The van der Waals surface area contributed by atoms with Crippen molar-refractivity contribution >= 4 is 5.91 Å². The Morgan fingerprint density at radius 1 is 1.27 bits per heavy atom. The van der Waals surface area contributed by atoms with Gasteiger partial charge >= 0.3 is 0 Å². The summed E-state index contributed by atoms with van der Waals surface area (Å²) in [6, 6.07) is 3.21. The molecule has 2 aliphatic heterocycles. The Morgan fingerprint density at radius 2 is 1.95 bits per heavy atom. The molecule has 3 rings (SSSR count). The maximum atomic E-state index is 13.2. The Morgan fingerprint density at radius 3 is 2.55 bits per heavy atom. The van der Waals surface area contributed by atoms with E-state index in [9.17, 15) is 13.6 Å². The van der Waals surface area contributed by atoms with Gasteiger partial charge in [0.05, 0.1) is 12.6 Å². The number of hydrogen-bond donors (Lipinski definition) is 1. The SMILES string of the molecule is O=C(C1CC(F)(F)CN1)N1CCN(Cc2ccncc2)CC1. The minimum atomic E-state index is -2.76. The highest BCUT2D eigenvalue weighted by molar-refractivity contribution is 5.82. The molecular weight excluding hydrogens is 290 g/mol. The van der Waals surface area contributed by atoms with Crippen LogP contribution in [-0.4, -0.2) is 65.4 Å². The van der Waals surface area contributed by atoms with Crippen molar-refractivity contribution in [2.45, 2.75) is 24.9 Å². The summed E-state index contributed by atoms with van der Waals surface area (Å²) in [5.74, 6) is -2.95. The van der Waals surface area contributed by atoms with E-state index in [0.29, 0.717) is 13.1 Å². The third-order valence-electron chi connectivity index (χ3n) is 4.25. The molecule has 3 heterocycles. The van der Waals surface area contributed by atoms with Crippen LogP contribution in [-0.2, 0) is 11.3 Å². The normalized spacial score (nSPS) is 25.4. The van der Waals surface area contributed by atoms with Gasteiger partial charge in [-0.05, 0) is 17.7 Å². The predicted molar refractivity (Wildman–Crippen MR) is 77.4 cm³/mol. The second-order valence-corrected chi connectivity index (χ2v) is 5.95. The first-order valence-electron chi connectivity index (χ1n) is 7.55. The summed E-state index contributed by atoms with van der Waals surface area (Å²) in [5.41, 5.74) is 1.19. The zero-order valence-electron chi connectivity index (χ0n) is 12.3. The molecule has 1 unspecified atom stereocenters. The van der Waals surface area contributed by atoms with Crippen molar-refractivity contribution in [3.8, 4) is 0 Å². The molecule has 5 nitrogen and oxygen atoms in total. The van der Waals surface area contributed by atoms with Crippen LogP contribution in [0.2, 0.25) is 0 Å². The number of pyridine rings is 1. The number of hydrogen-bond acceptors (Lipinski definition) is 4. The quantitative estimate of drug-likeness (QED) is 0.894. The van der Waals surface area contributed by atoms with Gasteiger partial charge in [0, 0.05) is 51.5 Å². The minimum Gasteiger partial charge on any atom is -0.339 e. The van der Waals surface area contributed by atoms with Gasteiger partial charge in [0.2, 0.25) is 5.91 Å². The summed E-state index contributed by atoms with van der Waals surface area (Å²) in [6.07, 6.45) is 3.14. The fraction of sp³-hybridized carbons (Fsp3) is 0.600. The Bertz CT molecular complexity index is 518. The molecule has 2 aliphatic rings. The van der Waals surface area contributed by atoms with Crippen molar-refractivity contribution in [1.82, 2.24) is 20.1 Å². The lowest BCUT2D eigenvalue weighted by Gasteiger charge is -2.35. The van der Waals surface area contributed by atoms with E-state index in [1.807, 2.05) is 12.1 Å². The molecule has 0 saturated carbocycles. The van der Waals surface area contributed by atoms with Crippen LogP contribution in [0.25, 0.3) is 0 Å². The van der Waals surface area contributed by atoms with Gasteiger partial charge < -0.3 is 4.90 Å². The number of halogens is 2. The number of nitrogens with zero attached hydrogens (tertiary/aromatic N) is 3. The molecule has 1 aromatic heterocycles. The smallest absolute Gasteiger partial charge is 0.262 e. The van der Waals surface area contributed by atoms with Gasteiger partial charge in [-0.2, -0.15) is 0 Å². The third-order valence-corrected chi connectivity index (χ3v) is 4.25. The zero-order valence-corrected chi connectivity index (χ0v) is 12.3. The number of carbonyl (C=O) groups is 1. The van der Waals surface area contributed by atoms with Crippen LogP contribution in [0.1, 0.15) is 12.0 Å². The van der Waals surface area contributed by atoms with Gasteiger partial charge in [-0.15, -0.1) is 0 Å². The predicted octanol–water partition coefficient (Wildman–Crippen LogP) is 0.723. The van der Waals surface area contributed by atoms with E-state index in [1.165, 1.54) is 5.56 Å². The molecule has 2 fully saturated rings. The van der Waals surface area contributed by atoms with Crippen LogP contribution in [0.4, 0.5) is 8.78 Å². The van der Waals surface area contributed by atoms with Crippen molar-refractivity contribution < 1.29 is 13.6 Å². The van der Waals surface area contributed by atoms with Crippen molar-refractivity contribution in [1.29, 1.82) is 0 Å². The summed E-state index contributed by atoms with van der Waals surface area (Å²) in [6.45, 7) is 3.13. The van der Waals surface area contributed by atoms with E-state index >= 15 is 0 Å². The summed E-state index contributed by atoms with van der Waals surface area (Å²) in [4.78, 5) is 20.2. The van der Waals surface area contributed by atoms with Crippen molar-refractivity contribution in [2.75, 3.05) is 32.7 Å². The average molecular weight is 310 g/mol. The van der Waals surface area contributed by atoms with E-state index in [0.717, 1.165) is 19.6 Å². The van der Waals surface area contributed by atoms with Crippen LogP contribution in [0, 0.1) is 0 Å². The number of carbonyl (C=O) groups excluding carboxylic acids is 1. The molecule has 0 aliphatic carbocycles. The fourth-order valence-corrected chi connectivity index (χ4v) is 2.98. The van der Waals surface area contributed by atoms with Crippen LogP contribution in [0.5, 0.6) is 0 Å². The fourth-order valence-electron chi connectivity index (χ4n) is 2.98. The molecule has 0 bridgehead atoms. The molecule has 0 aromatic carbocycles. The lowest BCUT2D eigenvalue weighted by molar-refractivity contribution is -0.135. The molecule has 0 spiro atoms. The molecular formula is C15H20F2N4O. The molecule has 1 aromatic rings. The van der Waals surface area contributed by atoms with Gasteiger partial charge in [-0.3, -0.25) is 20.0 Å². The lowest BCUT2D eigenvalue weighted by atomic mass is 10.1. The highest BCUT2D eigenvalue weighted by Crippen LogP contribution is 2.26.